The van der Waals surface area contributed by atoms with Crippen LogP contribution in [0.25, 0.3) is 0 Å². The van der Waals surface area contributed by atoms with Gasteiger partial charge in [-0.2, -0.15) is 0 Å². The Morgan fingerprint density at radius 1 is 0.762 bits per heavy atom. The minimum Gasteiger partial charge on any atom is -0.744 e. The molecule has 0 heterocycles. The van der Waals surface area contributed by atoms with E-state index in [-0.39, 0.29) is 28.4 Å². The lowest BCUT2D eigenvalue weighted by molar-refractivity contribution is 0.0976. The number of rotatable bonds is 1. The highest BCUT2D eigenvalue weighted by molar-refractivity contribution is 7.85. The van der Waals surface area contributed by atoms with Gasteiger partial charge in [0.2, 0.25) is 0 Å². The SMILES string of the molecule is O=C1c2ccccc2C(=O)c2c1cccc2S(=O)(=O)[O-].[NH4+]. The number of carbonyl (C=O) groups is 2. The minimum atomic E-state index is -4.83. The summed E-state index contributed by atoms with van der Waals surface area (Å²) in [5.41, 5.74) is -0.0524. The van der Waals surface area contributed by atoms with Crippen molar-refractivity contribution in [1.82, 2.24) is 6.15 Å². The van der Waals surface area contributed by atoms with Crippen LogP contribution in [0.1, 0.15) is 31.8 Å². The summed E-state index contributed by atoms with van der Waals surface area (Å²) in [7, 11) is -4.83. The maximum atomic E-state index is 12.4. The normalized spacial score (nSPS) is 13.2. The molecule has 0 saturated heterocycles. The second-order valence-corrected chi connectivity index (χ2v) is 5.68. The van der Waals surface area contributed by atoms with Gasteiger partial charge < -0.3 is 10.7 Å². The molecule has 21 heavy (non-hydrogen) atoms. The van der Waals surface area contributed by atoms with Crippen molar-refractivity contribution in [2.75, 3.05) is 0 Å². The fraction of sp³-hybridized carbons (Fsp3) is 0. The predicted molar refractivity (Wildman–Crippen MR) is 73.7 cm³/mol. The lowest BCUT2D eigenvalue weighted by Crippen LogP contribution is -2.23. The lowest BCUT2D eigenvalue weighted by atomic mass is 9.84. The van der Waals surface area contributed by atoms with Crippen LogP contribution in [0, 0.1) is 0 Å². The van der Waals surface area contributed by atoms with Crippen molar-refractivity contribution >= 4 is 21.7 Å². The zero-order chi connectivity index (χ0) is 14.5. The zero-order valence-electron chi connectivity index (χ0n) is 11.0. The highest BCUT2D eigenvalue weighted by Crippen LogP contribution is 2.31. The van der Waals surface area contributed by atoms with Gasteiger partial charge in [-0.15, -0.1) is 0 Å². The van der Waals surface area contributed by atoms with Crippen molar-refractivity contribution in [3.05, 3.63) is 64.7 Å². The summed E-state index contributed by atoms with van der Waals surface area (Å²) >= 11 is 0. The van der Waals surface area contributed by atoms with Crippen LogP contribution in [0.4, 0.5) is 0 Å². The van der Waals surface area contributed by atoms with Crippen molar-refractivity contribution in [2.45, 2.75) is 4.90 Å². The Balaban J connectivity index is 0.00000161. The molecule has 7 heteroatoms. The van der Waals surface area contributed by atoms with E-state index >= 15 is 0 Å². The standard InChI is InChI=1S/C14H8O5S.H3N/c15-13-8-4-1-2-5-9(8)14(16)12-10(13)6-3-7-11(12)20(17,18)19;/h1-7H,(H,17,18,19);1H3. The second-order valence-electron chi connectivity index (χ2n) is 4.34. The molecule has 0 unspecified atom stereocenters. The van der Waals surface area contributed by atoms with Gasteiger partial charge in [-0.25, -0.2) is 8.42 Å². The first-order valence-corrected chi connectivity index (χ1v) is 7.09. The Morgan fingerprint density at radius 3 is 1.86 bits per heavy atom. The summed E-state index contributed by atoms with van der Waals surface area (Å²) in [6, 6.07) is 9.79. The van der Waals surface area contributed by atoms with E-state index < -0.39 is 26.6 Å². The van der Waals surface area contributed by atoms with Crippen molar-refractivity contribution in [3.63, 3.8) is 0 Å². The molecule has 0 saturated carbocycles. The number of benzene rings is 2. The Bertz CT molecular complexity index is 871. The molecule has 4 N–H and O–H groups in total. The molecule has 0 bridgehead atoms. The summed E-state index contributed by atoms with van der Waals surface area (Å²) in [6.45, 7) is 0. The summed E-state index contributed by atoms with van der Waals surface area (Å²) in [5.74, 6) is -1.08. The second kappa shape index (κ2) is 4.88. The molecule has 2 aromatic carbocycles. The quantitative estimate of drug-likeness (QED) is 0.685. The molecule has 0 fully saturated rings. The molecule has 6 nitrogen and oxygen atoms in total. The first-order chi connectivity index (χ1) is 9.41. The maximum absolute atomic E-state index is 12.4. The van der Waals surface area contributed by atoms with Gasteiger partial charge in [-0.1, -0.05) is 36.4 Å². The van der Waals surface area contributed by atoms with E-state index in [1.807, 2.05) is 0 Å². The van der Waals surface area contributed by atoms with E-state index in [9.17, 15) is 22.6 Å². The average Bonchev–Trinajstić information content (AvgIpc) is 2.43. The highest BCUT2D eigenvalue weighted by atomic mass is 32.2. The van der Waals surface area contributed by atoms with Gasteiger partial charge in [-0.05, 0) is 6.07 Å². The van der Waals surface area contributed by atoms with Crippen molar-refractivity contribution in [1.29, 1.82) is 0 Å². The third-order valence-electron chi connectivity index (χ3n) is 3.18. The number of hydrogen-bond donors (Lipinski definition) is 1. The largest absolute Gasteiger partial charge is 0.744 e. The third-order valence-corrected chi connectivity index (χ3v) is 4.06. The molecule has 3 rings (SSSR count). The molecule has 0 amide bonds. The minimum absolute atomic E-state index is 0. The molecular weight excluding hydrogens is 294 g/mol. The Hall–Kier alpha value is -2.35. The number of quaternary nitrogens is 1. The average molecular weight is 305 g/mol. The van der Waals surface area contributed by atoms with Gasteiger partial charge in [0.25, 0.3) is 0 Å². The van der Waals surface area contributed by atoms with Crippen molar-refractivity contribution in [3.8, 4) is 0 Å². The van der Waals surface area contributed by atoms with Gasteiger partial charge in [0.1, 0.15) is 10.1 Å². The summed E-state index contributed by atoms with van der Waals surface area (Å²) in [4.78, 5) is 24.0. The van der Waals surface area contributed by atoms with E-state index in [1.54, 1.807) is 12.1 Å². The maximum Gasteiger partial charge on any atom is 0.195 e. The van der Waals surface area contributed by atoms with E-state index in [2.05, 4.69) is 0 Å². The van der Waals surface area contributed by atoms with Gasteiger partial charge >= 0.3 is 0 Å². The third kappa shape index (κ3) is 2.17. The molecular formula is C14H11NO5S. The fourth-order valence-corrected chi connectivity index (χ4v) is 3.02. The molecule has 1 aliphatic rings. The predicted octanol–water partition coefficient (Wildman–Crippen LogP) is 1.74. The molecule has 1 aliphatic carbocycles. The van der Waals surface area contributed by atoms with E-state index in [1.165, 1.54) is 24.3 Å². The van der Waals surface area contributed by atoms with E-state index in [0.717, 1.165) is 6.07 Å². The molecule has 2 aromatic rings. The van der Waals surface area contributed by atoms with Crippen LogP contribution >= 0.6 is 0 Å². The van der Waals surface area contributed by atoms with Crippen LogP contribution in [-0.2, 0) is 10.1 Å². The number of ketones is 2. The number of carbonyl (C=O) groups excluding carboxylic acids is 2. The van der Waals surface area contributed by atoms with Crippen LogP contribution in [0.5, 0.6) is 0 Å². The Morgan fingerprint density at radius 2 is 1.29 bits per heavy atom. The van der Waals surface area contributed by atoms with Crippen LogP contribution in [-0.4, -0.2) is 24.5 Å². The number of hydrogen-bond acceptors (Lipinski definition) is 5. The van der Waals surface area contributed by atoms with Crippen LogP contribution in [0.15, 0.2) is 47.4 Å². The van der Waals surface area contributed by atoms with Crippen LogP contribution in [0.3, 0.4) is 0 Å². The Kier molecular flexibility index (Phi) is 3.50. The smallest absolute Gasteiger partial charge is 0.195 e. The van der Waals surface area contributed by atoms with Crippen molar-refractivity contribution < 1.29 is 22.6 Å². The molecule has 0 aliphatic heterocycles. The molecule has 0 atom stereocenters. The first kappa shape index (κ1) is 15.0. The highest BCUT2D eigenvalue weighted by Gasteiger charge is 2.32. The molecule has 0 spiro atoms. The molecule has 0 aromatic heterocycles. The van der Waals surface area contributed by atoms with Crippen molar-refractivity contribution in [2.24, 2.45) is 0 Å². The van der Waals surface area contributed by atoms with E-state index in [0.29, 0.717) is 0 Å². The molecule has 108 valence electrons. The van der Waals surface area contributed by atoms with Gasteiger partial charge in [0, 0.05) is 16.7 Å². The van der Waals surface area contributed by atoms with Crippen LogP contribution in [0.2, 0.25) is 0 Å². The van der Waals surface area contributed by atoms with Gasteiger partial charge in [0.05, 0.1) is 10.5 Å². The fourth-order valence-electron chi connectivity index (χ4n) is 2.32. The summed E-state index contributed by atoms with van der Waals surface area (Å²) in [6.07, 6.45) is 0. The zero-order valence-corrected chi connectivity index (χ0v) is 11.8. The summed E-state index contributed by atoms with van der Waals surface area (Å²) in [5, 5.41) is 0. The van der Waals surface area contributed by atoms with Gasteiger partial charge in [0.15, 0.2) is 11.6 Å². The monoisotopic (exact) mass is 305 g/mol. The Labute approximate surface area is 120 Å². The topological polar surface area (TPSA) is 128 Å². The summed E-state index contributed by atoms with van der Waals surface area (Å²) < 4.78 is 33.7. The van der Waals surface area contributed by atoms with E-state index in [4.69, 9.17) is 0 Å². The first-order valence-electron chi connectivity index (χ1n) is 5.68. The number of fused-ring (bicyclic) bond motifs is 2. The van der Waals surface area contributed by atoms with Gasteiger partial charge in [-0.3, -0.25) is 9.59 Å². The lowest BCUT2D eigenvalue weighted by Gasteiger charge is -2.20. The molecule has 0 radical (unpaired) electrons. The van der Waals surface area contributed by atoms with Crippen LogP contribution < -0.4 is 6.15 Å².